The Morgan fingerprint density at radius 3 is 2.33 bits per heavy atom. The van der Waals surface area contributed by atoms with Crippen LogP contribution in [-0.2, 0) is 0 Å². The first-order chi connectivity index (χ1) is 10.2. The number of thiocarbonyl (C=S) groups is 1. The lowest BCUT2D eigenvalue weighted by atomic mass is 10.2. The maximum absolute atomic E-state index is 5.61. The van der Waals surface area contributed by atoms with Gasteiger partial charge in [0.25, 0.3) is 0 Å². The summed E-state index contributed by atoms with van der Waals surface area (Å²) in [5, 5.41) is 0. The zero-order valence-corrected chi connectivity index (χ0v) is 12.5. The van der Waals surface area contributed by atoms with Crippen LogP contribution in [0.15, 0.2) is 42.7 Å². The Kier molecular flexibility index (Phi) is 3.96. The third-order valence-electron chi connectivity index (χ3n) is 3.60. The molecule has 0 bridgehead atoms. The van der Waals surface area contributed by atoms with Crippen LogP contribution in [0, 0.1) is 0 Å². The summed E-state index contributed by atoms with van der Waals surface area (Å²) in [6, 6.07) is 10.5. The van der Waals surface area contributed by atoms with E-state index in [1.165, 1.54) is 5.69 Å². The molecule has 0 saturated carbocycles. The fourth-order valence-corrected chi connectivity index (χ4v) is 2.56. The van der Waals surface area contributed by atoms with Crippen LogP contribution in [0.25, 0.3) is 0 Å². The molecule has 6 heteroatoms. The molecule has 5 nitrogen and oxygen atoms in total. The van der Waals surface area contributed by atoms with Gasteiger partial charge in [0.1, 0.15) is 16.5 Å². The standard InChI is InChI=1S/C15H17N5S/c16-15(21)13-10-17-11-14(18-13)20-8-6-19(7-9-20)12-4-2-1-3-5-12/h1-5,10-11H,6-9H2,(H2,16,21). The molecule has 1 saturated heterocycles. The number of aromatic nitrogens is 2. The number of rotatable bonds is 3. The van der Waals surface area contributed by atoms with Crippen molar-refractivity contribution in [3.8, 4) is 0 Å². The van der Waals surface area contributed by atoms with Gasteiger partial charge in [-0.3, -0.25) is 4.98 Å². The second kappa shape index (κ2) is 6.05. The van der Waals surface area contributed by atoms with Gasteiger partial charge in [0.15, 0.2) is 0 Å². The van der Waals surface area contributed by atoms with Crippen LogP contribution in [-0.4, -0.2) is 41.1 Å². The highest BCUT2D eigenvalue weighted by molar-refractivity contribution is 7.80. The Balaban J connectivity index is 1.68. The minimum absolute atomic E-state index is 0.285. The van der Waals surface area contributed by atoms with Crippen molar-refractivity contribution >= 4 is 28.7 Å². The number of nitrogens with zero attached hydrogens (tertiary/aromatic N) is 4. The van der Waals surface area contributed by atoms with Crippen molar-refractivity contribution in [2.45, 2.75) is 0 Å². The van der Waals surface area contributed by atoms with Crippen molar-refractivity contribution in [1.82, 2.24) is 9.97 Å². The summed E-state index contributed by atoms with van der Waals surface area (Å²) in [6.07, 6.45) is 3.37. The zero-order chi connectivity index (χ0) is 14.7. The molecule has 1 aromatic carbocycles. The second-order valence-electron chi connectivity index (χ2n) is 4.94. The van der Waals surface area contributed by atoms with Crippen LogP contribution in [0.3, 0.4) is 0 Å². The first-order valence-corrected chi connectivity index (χ1v) is 7.31. The molecule has 0 amide bonds. The maximum atomic E-state index is 5.61. The molecule has 0 radical (unpaired) electrons. The van der Waals surface area contributed by atoms with Crippen LogP contribution in [0.2, 0.25) is 0 Å². The van der Waals surface area contributed by atoms with Crippen molar-refractivity contribution in [2.75, 3.05) is 36.0 Å². The monoisotopic (exact) mass is 299 g/mol. The summed E-state index contributed by atoms with van der Waals surface area (Å²) >= 11 is 4.95. The molecule has 0 atom stereocenters. The molecule has 2 N–H and O–H groups in total. The van der Waals surface area contributed by atoms with E-state index in [4.69, 9.17) is 18.0 Å². The molecule has 0 spiro atoms. The van der Waals surface area contributed by atoms with Gasteiger partial charge in [-0.05, 0) is 12.1 Å². The molecule has 0 aliphatic carbocycles. The Morgan fingerprint density at radius 2 is 1.67 bits per heavy atom. The predicted molar refractivity (Wildman–Crippen MR) is 88.8 cm³/mol. The van der Waals surface area contributed by atoms with E-state index in [-0.39, 0.29) is 4.99 Å². The van der Waals surface area contributed by atoms with E-state index in [1.807, 2.05) is 6.07 Å². The summed E-state index contributed by atoms with van der Waals surface area (Å²) in [5.41, 5.74) is 7.45. The van der Waals surface area contributed by atoms with E-state index >= 15 is 0 Å². The fourth-order valence-electron chi connectivity index (χ4n) is 2.46. The largest absolute Gasteiger partial charge is 0.388 e. The molecule has 3 rings (SSSR count). The Morgan fingerprint density at radius 1 is 1.00 bits per heavy atom. The molecule has 1 fully saturated rings. The van der Waals surface area contributed by atoms with Crippen molar-refractivity contribution < 1.29 is 0 Å². The van der Waals surface area contributed by atoms with Gasteiger partial charge in [-0.25, -0.2) is 4.98 Å². The summed E-state index contributed by atoms with van der Waals surface area (Å²) in [4.78, 5) is 13.5. The normalized spacial score (nSPS) is 15.0. The van der Waals surface area contributed by atoms with E-state index in [0.717, 1.165) is 32.0 Å². The third-order valence-corrected chi connectivity index (χ3v) is 3.81. The minimum atomic E-state index is 0.285. The molecular formula is C15H17N5S. The van der Waals surface area contributed by atoms with Gasteiger partial charge in [0.05, 0.1) is 12.4 Å². The first-order valence-electron chi connectivity index (χ1n) is 6.91. The maximum Gasteiger partial charge on any atom is 0.148 e. The van der Waals surface area contributed by atoms with E-state index in [2.05, 4.69) is 44.0 Å². The molecule has 0 unspecified atom stereocenters. The highest BCUT2D eigenvalue weighted by Gasteiger charge is 2.18. The zero-order valence-electron chi connectivity index (χ0n) is 11.6. The van der Waals surface area contributed by atoms with Crippen LogP contribution in [0.4, 0.5) is 11.5 Å². The highest BCUT2D eigenvalue weighted by Crippen LogP contribution is 2.18. The molecule has 108 valence electrons. The molecule has 1 aliphatic rings. The number of nitrogens with two attached hydrogens (primary N) is 1. The lowest BCUT2D eigenvalue weighted by molar-refractivity contribution is 0.646. The van der Waals surface area contributed by atoms with E-state index < -0.39 is 0 Å². The van der Waals surface area contributed by atoms with Gasteiger partial charge in [-0.1, -0.05) is 30.4 Å². The van der Waals surface area contributed by atoms with Crippen molar-refractivity contribution in [3.63, 3.8) is 0 Å². The van der Waals surface area contributed by atoms with Crippen molar-refractivity contribution in [2.24, 2.45) is 5.73 Å². The number of hydrogen-bond donors (Lipinski definition) is 1. The van der Waals surface area contributed by atoms with E-state index in [0.29, 0.717) is 5.69 Å². The van der Waals surface area contributed by atoms with Crippen LogP contribution < -0.4 is 15.5 Å². The van der Waals surface area contributed by atoms with Gasteiger partial charge in [0.2, 0.25) is 0 Å². The van der Waals surface area contributed by atoms with Crippen LogP contribution in [0.5, 0.6) is 0 Å². The van der Waals surface area contributed by atoms with Gasteiger partial charge in [0, 0.05) is 31.9 Å². The van der Waals surface area contributed by atoms with Gasteiger partial charge >= 0.3 is 0 Å². The van der Waals surface area contributed by atoms with Gasteiger partial charge < -0.3 is 15.5 Å². The molecule has 1 aliphatic heterocycles. The van der Waals surface area contributed by atoms with Crippen LogP contribution >= 0.6 is 12.2 Å². The number of piperazine rings is 1. The van der Waals surface area contributed by atoms with Gasteiger partial charge in [-0.2, -0.15) is 0 Å². The number of para-hydroxylation sites is 1. The lowest BCUT2D eigenvalue weighted by Crippen LogP contribution is -2.47. The van der Waals surface area contributed by atoms with E-state index in [9.17, 15) is 0 Å². The summed E-state index contributed by atoms with van der Waals surface area (Å²) in [5.74, 6) is 0.841. The Bertz CT molecular complexity index is 623. The second-order valence-corrected chi connectivity index (χ2v) is 5.38. The number of anilines is 2. The quantitative estimate of drug-likeness (QED) is 0.866. The summed E-state index contributed by atoms with van der Waals surface area (Å²) in [6.45, 7) is 3.74. The minimum Gasteiger partial charge on any atom is -0.388 e. The van der Waals surface area contributed by atoms with E-state index in [1.54, 1.807) is 12.4 Å². The predicted octanol–water partition coefficient (Wildman–Crippen LogP) is 1.44. The Hall–Kier alpha value is -2.21. The SMILES string of the molecule is NC(=S)c1cncc(N2CCN(c3ccccc3)CC2)n1. The van der Waals surface area contributed by atoms with Crippen LogP contribution in [0.1, 0.15) is 5.69 Å². The lowest BCUT2D eigenvalue weighted by Gasteiger charge is -2.36. The smallest absolute Gasteiger partial charge is 0.148 e. The molecule has 2 heterocycles. The van der Waals surface area contributed by atoms with Crippen molar-refractivity contribution in [1.29, 1.82) is 0 Å². The van der Waals surface area contributed by atoms with Crippen molar-refractivity contribution in [3.05, 3.63) is 48.4 Å². The van der Waals surface area contributed by atoms with Gasteiger partial charge in [-0.15, -0.1) is 0 Å². The first kappa shape index (κ1) is 13.8. The number of hydrogen-bond acceptors (Lipinski definition) is 5. The highest BCUT2D eigenvalue weighted by atomic mass is 32.1. The fraction of sp³-hybridized carbons (Fsp3) is 0.267. The average Bonchev–Trinajstić information content (AvgIpc) is 2.56. The molecular weight excluding hydrogens is 282 g/mol. The summed E-state index contributed by atoms with van der Waals surface area (Å²) in [7, 11) is 0. The molecule has 21 heavy (non-hydrogen) atoms. The third kappa shape index (κ3) is 3.11. The summed E-state index contributed by atoms with van der Waals surface area (Å²) < 4.78 is 0. The molecule has 2 aromatic rings. The molecule has 1 aromatic heterocycles. The topological polar surface area (TPSA) is 58.3 Å². The number of benzene rings is 1. The average molecular weight is 299 g/mol. The Labute approximate surface area is 129 Å².